The zero-order valence-corrected chi connectivity index (χ0v) is 18.8. The molecule has 0 saturated heterocycles. The SMILES string of the molecule is NC(C#Cc1ccc(C2CCCCC2)c(Cl)c1)(C1CCCCC1)C1CCCCC1. The van der Waals surface area contributed by atoms with E-state index < -0.39 is 0 Å². The number of rotatable bonds is 3. The van der Waals surface area contributed by atoms with Crippen LogP contribution in [0.15, 0.2) is 18.2 Å². The van der Waals surface area contributed by atoms with E-state index in [9.17, 15) is 0 Å². The zero-order chi connectivity index (χ0) is 20.1. The van der Waals surface area contributed by atoms with Crippen molar-refractivity contribution in [1.29, 1.82) is 0 Å². The van der Waals surface area contributed by atoms with Gasteiger partial charge in [0, 0.05) is 10.6 Å². The Kier molecular flexibility index (Phi) is 7.25. The average Bonchev–Trinajstić information content (AvgIpc) is 2.79. The van der Waals surface area contributed by atoms with Crippen LogP contribution >= 0.6 is 11.6 Å². The molecule has 3 aliphatic carbocycles. The zero-order valence-electron chi connectivity index (χ0n) is 18.0. The molecular weight excluding hydrogens is 374 g/mol. The van der Waals surface area contributed by atoms with Gasteiger partial charge in [-0.3, -0.25) is 0 Å². The molecule has 0 bridgehead atoms. The van der Waals surface area contributed by atoms with Gasteiger partial charge >= 0.3 is 0 Å². The molecule has 3 aliphatic rings. The van der Waals surface area contributed by atoms with Gasteiger partial charge in [0.1, 0.15) is 0 Å². The van der Waals surface area contributed by atoms with Gasteiger partial charge < -0.3 is 5.73 Å². The fourth-order valence-electron chi connectivity index (χ4n) is 6.23. The summed E-state index contributed by atoms with van der Waals surface area (Å²) in [4.78, 5) is 0. The van der Waals surface area contributed by atoms with E-state index in [4.69, 9.17) is 17.3 Å². The first-order valence-corrected chi connectivity index (χ1v) is 12.7. The van der Waals surface area contributed by atoms with Crippen molar-refractivity contribution in [2.75, 3.05) is 0 Å². The molecule has 0 heterocycles. The summed E-state index contributed by atoms with van der Waals surface area (Å²) in [5, 5.41) is 0.904. The minimum absolute atomic E-state index is 0.324. The molecule has 0 atom stereocenters. The Hall–Kier alpha value is -0.970. The first-order chi connectivity index (χ1) is 14.2. The van der Waals surface area contributed by atoms with Gasteiger partial charge in [0.05, 0.1) is 5.54 Å². The lowest BCUT2D eigenvalue weighted by Gasteiger charge is -2.43. The molecule has 0 amide bonds. The maximum Gasteiger partial charge on any atom is 0.0836 e. The van der Waals surface area contributed by atoms with Crippen LogP contribution in [-0.2, 0) is 0 Å². The Bertz CT molecular complexity index is 707. The van der Waals surface area contributed by atoms with E-state index in [1.54, 1.807) is 0 Å². The summed E-state index contributed by atoms with van der Waals surface area (Å²) in [6.07, 6.45) is 19.6. The quantitative estimate of drug-likeness (QED) is 0.509. The van der Waals surface area contributed by atoms with E-state index in [0.717, 1.165) is 10.6 Å². The first-order valence-electron chi connectivity index (χ1n) is 12.3. The fraction of sp³-hybridized carbons (Fsp3) is 0.704. The molecule has 2 heteroatoms. The van der Waals surface area contributed by atoms with Crippen molar-refractivity contribution in [1.82, 2.24) is 0 Å². The smallest absolute Gasteiger partial charge is 0.0836 e. The number of hydrogen-bond donors (Lipinski definition) is 1. The Morgan fingerprint density at radius 2 is 1.28 bits per heavy atom. The minimum atomic E-state index is -0.324. The highest BCUT2D eigenvalue weighted by molar-refractivity contribution is 6.31. The topological polar surface area (TPSA) is 26.0 Å². The fourth-order valence-corrected chi connectivity index (χ4v) is 6.56. The van der Waals surface area contributed by atoms with Gasteiger partial charge in [0.25, 0.3) is 0 Å². The van der Waals surface area contributed by atoms with Crippen molar-refractivity contribution in [3.05, 3.63) is 34.3 Å². The van der Waals surface area contributed by atoms with Crippen LogP contribution in [0.1, 0.15) is 113 Å². The van der Waals surface area contributed by atoms with Crippen LogP contribution in [0.4, 0.5) is 0 Å². The molecule has 1 nitrogen and oxygen atoms in total. The van der Waals surface area contributed by atoms with Crippen molar-refractivity contribution in [3.63, 3.8) is 0 Å². The van der Waals surface area contributed by atoms with Crippen LogP contribution in [-0.4, -0.2) is 5.54 Å². The third kappa shape index (κ3) is 5.03. The molecule has 2 N–H and O–H groups in total. The molecule has 0 aromatic heterocycles. The van der Waals surface area contributed by atoms with Crippen molar-refractivity contribution in [3.8, 4) is 11.8 Å². The summed E-state index contributed by atoms with van der Waals surface area (Å²) in [7, 11) is 0. The molecule has 1 aromatic carbocycles. The maximum atomic E-state index is 7.17. The van der Waals surface area contributed by atoms with Gasteiger partial charge in [-0.25, -0.2) is 0 Å². The van der Waals surface area contributed by atoms with E-state index in [2.05, 4.69) is 30.0 Å². The molecule has 3 fully saturated rings. The van der Waals surface area contributed by atoms with Crippen LogP contribution in [0.5, 0.6) is 0 Å². The number of benzene rings is 1. The monoisotopic (exact) mass is 411 g/mol. The highest BCUT2D eigenvalue weighted by Crippen LogP contribution is 2.41. The Morgan fingerprint density at radius 1 is 0.759 bits per heavy atom. The molecule has 158 valence electrons. The van der Waals surface area contributed by atoms with Crippen LogP contribution < -0.4 is 5.73 Å². The normalized spacial score (nSPS) is 22.8. The third-order valence-electron chi connectivity index (χ3n) is 8.03. The van der Waals surface area contributed by atoms with Gasteiger partial charge in [-0.15, -0.1) is 0 Å². The van der Waals surface area contributed by atoms with E-state index in [1.807, 2.05) is 0 Å². The van der Waals surface area contributed by atoms with Gasteiger partial charge in [0.2, 0.25) is 0 Å². The highest BCUT2D eigenvalue weighted by atomic mass is 35.5. The van der Waals surface area contributed by atoms with Crippen LogP contribution in [0.3, 0.4) is 0 Å². The molecule has 0 radical (unpaired) electrons. The van der Waals surface area contributed by atoms with Crippen molar-refractivity contribution in [2.24, 2.45) is 17.6 Å². The molecule has 29 heavy (non-hydrogen) atoms. The molecule has 0 spiro atoms. The maximum absolute atomic E-state index is 7.17. The van der Waals surface area contributed by atoms with E-state index in [0.29, 0.717) is 17.8 Å². The molecule has 0 unspecified atom stereocenters. The van der Waals surface area contributed by atoms with Crippen LogP contribution in [0.25, 0.3) is 0 Å². The van der Waals surface area contributed by atoms with E-state index in [1.165, 1.54) is 102 Å². The standard InChI is InChI=1S/C27H38ClN/c28-26-20-21(16-17-25(26)22-10-4-1-5-11-22)18-19-27(29,23-12-6-2-7-13-23)24-14-8-3-9-15-24/h16-17,20,22-24H,1-15,29H2. The van der Waals surface area contributed by atoms with Gasteiger partial charge in [-0.05, 0) is 74.0 Å². The molecular formula is C27H38ClN. The van der Waals surface area contributed by atoms with E-state index in [-0.39, 0.29) is 5.54 Å². The number of halogens is 1. The first kappa shape index (κ1) is 21.3. The second-order valence-corrected chi connectivity index (χ2v) is 10.3. The molecule has 3 saturated carbocycles. The summed E-state index contributed by atoms with van der Waals surface area (Å²) in [6, 6.07) is 6.52. The average molecular weight is 412 g/mol. The second kappa shape index (κ2) is 9.89. The van der Waals surface area contributed by atoms with Crippen molar-refractivity contribution >= 4 is 11.6 Å². The highest BCUT2D eigenvalue weighted by Gasteiger charge is 2.41. The summed E-state index contributed by atoms with van der Waals surface area (Å²) in [5.41, 5.74) is 9.22. The summed E-state index contributed by atoms with van der Waals surface area (Å²) in [6.45, 7) is 0. The number of hydrogen-bond acceptors (Lipinski definition) is 1. The lowest BCUT2D eigenvalue weighted by molar-refractivity contribution is 0.154. The summed E-state index contributed by atoms with van der Waals surface area (Å²) in [5.74, 6) is 8.89. The molecule has 1 aromatic rings. The van der Waals surface area contributed by atoms with Crippen molar-refractivity contribution < 1.29 is 0 Å². The Morgan fingerprint density at radius 3 is 1.79 bits per heavy atom. The van der Waals surface area contributed by atoms with Crippen molar-refractivity contribution in [2.45, 2.75) is 108 Å². The van der Waals surface area contributed by atoms with E-state index >= 15 is 0 Å². The van der Waals surface area contributed by atoms with Gasteiger partial charge in [0.15, 0.2) is 0 Å². The Labute approximate surface area is 183 Å². The predicted molar refractivity (Wildman–Crippen MR) is 124 cm³/mol. The van der Waals surface area contributed by atoms with Crippen LogP contribution in [0.2, 0.25) is 5.02 Å². The summed E-state index contributed by atoms with van der Waals surface area (Å²) >= 11 is 6.71. The summed E-state index contributed by atoms with van der Waals surface area (Å²) < 4.78 is 0. The third-order valence-corrected chi connectivity index (χ3v) is 8.36. The lowest BCUT2D eigenvalue weighted by atomic mass is 9.65. The number of nitrogens with two attached hydrogens (primary N) is 1. The molecule has 0 aliphatic heterocycles. The Balaban J connectivity index is 1.56. The predicted octanol–water partition coefficient (Wildman–Crippen LogP) is 7.60. The van der Waals surface area contributed by atoms with Crippen LogP contribution in [0, 0.1) is 23.7 Å². The molecule has 4 rings (SSSR count). The van der Waals surface area contributed by atoms with Gasteiger partial charge in [-0.2, -0.15) is 0 Å². The van der Waals surface area contributed by atoms with Gasteiger partial charge in [-0.1, -0.05) is 87.3 Å². The largest absolute Gasteiger partial charge is 0.315 e. The lowest BCUT2D eigenvalue weighted by Crippen LogP contribution is -2.53. The second-order valence-electron chi connectivity index (χ2n) is 9.92. The minimum Gasteiger partial charge on any atom is -0.315 e.